The molecule has 2 heterocycles. The molecule has 1 unspecified atom stereocenters. The van der Waals surface area contributed by atoms with Crippen molar-refractivity contribution in [3.8, 4) is 11.5 Å². The van der Waals surface area contributed by atoms with Crippen LogP contribution in [0.25, 0.3) is 16.5 Å². The molecule has 6 rings (SSSR count). The average molecular weight is 666 g/mol. The first-order valence-corrected chi connectivity index (χ1v) is 17.5. The number of hydrogen-bond acceptors (Lipinski definition) is 9. The highest BCUT2D eigenvalue weighted by Crippen LogP contribution is 2.46. The minimum Gasteiger partial charge on any atom is -0.507 e. The summed E-state index contributed by atoms with van der Waals surface area (Å²) >= 11 is 2.75. The van der Waals surface area contributed by atoms with E-state index < -0.39 is 17.7 Å². The van der Waals surface area contributed by atoms with Gasteiger partial charge in [-0.1, -0.05) is 122 Å². The number of aliphatic hydroxyl groups is 1. The molecule has 1 fully saturated rings. The second kappa shape index (κ2) is 14.8. The van der Waals surface area contributed by atoms with Crippen molar-refractivity contribution in [2.24, 2.45) is 0 Å². The Balaban J connectivity index is 1.37. The highest BCUT2D eigenvalue weighted by Gasteiger charge is 2.48. The Bertz CT molecular complexity index is 1920. The number of hydrogen-bond donors (Lipinski definition) is 1. The van der Waals surface area contributed by atoms with E-state index in [2.05, 4.69) is 41.4 Å². The summed E-state index contributed by atoms with van der Waals surface area (Å²) in [4.78, 5) is 28.8. The highest BCUT2D eigenvalue weighted by atomic mass is 32.2. The summed E-state index contributed by atoms with van der Waals surface area (Å²) in [6, 6.07) is 27.6. The van der Waals surface area contributed by atoms with Crippen molar-refractivity contribution in [3.05, 3.63) is 113 Å². The standard InChI is InChI=1S/C37H35N3O5S2/c1-3-5-11-21-45-29-20-19-26(22-30(29)44-4-2)32-31(33(41)25-14-7-6-8-15-25)34(42)35(43)40(32)36-38-39-37(47-36)46-23-27-17-12-16-24-13-9-10-18-28(24)27/h6-10,12-20,22,32,41H,3-5,11,21,23H2,1-2H3/b33-31+. The number of aromatic nitrogens is 2. The second-order valence-corrected chi connectivity index (χ2v) is 13.2. The summed E-state index contributed by atoms with van der Waals surface area (Å²) in [5, 5.41) is 22.8. The largest absolute Gasteiger partial charge is 0.507 e. The zero-order chi connectivity index (χ0) is 32.8. The maximum Gasteiger partial charge on any atom is 0.301 e. The SMILES string of the molecule is CCCCCOc1ccc(C2/C(=C(\O)c3ccccc3)C(=O)C(=O)N2c2nnc(SCc3cccc4ccccc34)s2)cc1OCC. The van der Waals surface area contributed by atoms with Gasteiger partial charge in [0.05, 0.1) is 24.8 Å². The molecule has 8 nitrogen and oxygen atoms in total. The van der Waals surface area contributed by atoms with Crippen LogP contribution in [0.2, 0.25) is 0 Å². The summed E-state index contributed by atoms with van der Waals surface area (Å²) in [6.07, 6.45) is 3.05. The summed E-state index contributed by atoms with van der Waals surface area (Å²) in [5.41, 5.74) is 2.14. The van der Waals surface area contributed by atoms with E-state index >= 15 is 0 Å². The molecule has 0 saturated carbocycles. The van der Waals surface area contributed by atoms with E-state index in [4.69, 9.17) is 9.47 Å². The van der Waals surface area contributed by atoms with Gasteiger partial charge in [-0.25, -0.2) is 0 Å². The van der Waals surface area contributed by atoms with Crippen molar-refractivity contribution in [1.29, 1.82) is 0 Å². The third-order valence-electron chi connectivity index (χ3n) is 7.91. The molecule has 1 aromatic heterocycles. The van der Waals surface area contributed by atoms with Gasteiger partial charge in [-0.15, -0.1) is 10.2 Å². The lowest BCUT2D eigenvalue weighted by atomic mass is 9.95. The fraction of sp³-hybridized carbons (Fsp3) is 0.243. The normalized spacial score (nSPS) is 15.8. The van der Waals surface area contributed by atoms with E-state index in [-0.39, 0.29) is 16.5 Å². The van der Waals surface area contributed by atoms with Crippen molar-refractivity contribution < 1.29 is 24.2 Å². The fourth-order valence-electron chi connectivity index (χ4n) is 5.63. The molecule has 1 atom stereocenters. The van der Waals surface area contributed by atoms with Gasteiger partial charge in [0.15, 0.2) is 15.8 Å². The number of rotatable bonds is 13. The van der Waals surface area contributed by atoms with Gasteiger partial charge in [-0.3, -0.25) is 14.5 Å². The molecule has 10 heteroatoms. The van der Waals surface area contributed by atoms with Crippen molar-refractivity contribution in [2.75, 3.05) is 18.1 Å². The Kier molecular flexibility index (Phi) is 10.2. The van der Waals surface area contributed by atoms with Crippen LogP contribution in [0.15, 0.2) is 101 Å². The van der Waals surface area contributed by atoms with Crippen LogP contribution in [0.4, 0.5) is 5.13 Å². The lowest BCUT2D eigenvalue weighted by Crippen LogP contribution is -2.29. The highest BCUT2D eigenvalue weighted by molar-refractivity contribution is 8.00. The maximum atomic E-state index is 13.8. The summed E-state index contributed by atoms with van der Waals surface area (Å²) < 4.78 is 12.7. The molecule has 1 aliphatic heterocycles. The van der Waals surface area contributed by atoms with Gasteiger partial charge >= 0.3 is 5.91 Å². The zero-order valence-corrected chi connectivity index (χ0v) is 27.9. The van der Waals surface area contributed by atoms with E-state index in [0.29, 0.717) is 45.9 Å². The molecule has 0 bridgehead atoms. The van der Waals surface area contributed by atoms with Gasteiger partial charge in [0, 0.05) is 11.3 Å². The molecule has 0 spiro atoms. The van der Waals surface area contributed by atoms with E-state index in [0.717, 1.165) is 30.2 Å². The number of benzene rings is 4. The van der Waals surface area contributed by atoms with Gasteiger partial charge in [-0.2, -0.15) is 0 Å². The number of Topliss-reactive ketones (excluding diaryl/α,β-unsaturated/α-hetero) is 1. The van der Waals surface area contributed by atoms with Gasteiger partial charge in [0.1, 0.15) is 5.76 Å². The van der Waals surface area contributed by atoms with E-state index in [9.17, 15) is 14.7 Å². The van der Waals surface area contributed by atoms with Crippen LogP contribution in [0.5, 0.6) is 11.5 Å². The number of unbranched alkanes of at least 4 members (excludes halogenated alkanes) is 2. The summed E-state index contributed by atoms with van der Waals surface area (Å²) in [6.45, 7) is 4.96. The topological polar surface area (TPSA) is 102 Å². The molecule has 4 aromatic carbocycles. The van der Waals surface area contributed by atoms with Crippen LogP contribution in [-0.2, 0) is 15.3 Å². The number of ketones is 1. The van der Waals surface area contributed by atoms with Crippen LogP contribution < -0.4 is 14.4 Å². The summed E-state index contributed by atoms with van der Waals surface area (Å²) in [7, 11) is 0. The van der Waals surface area contributed by atoms with Crippen LogP contribution in [-0.4, -0.2) is 40.2 Å². The Hall–Kier alpha value is -4.67. The predicted octanol–water partition coefficient (Wildman–Crippen LogP) is 8.58. The molecule has 0 aliphatic carbocycles. The smallest absolute Gasteiger partial charge is 0.301 e. The van der Waals surface area contributed by atoms with Gasteiger partial charge in [0.25, 0.3) is 5.78 Å². The number of carbonyl (C=O) groups excluding carboxylic acids is 2. The number of aliphatic hydroxyl groups excluding tert-OH is 1. The van der Waals surface area contributed by atoms with E-state index in [1.165, 1.54) is 33.4 Å². The Morgan fingerprint density at radius 3 is 2.49 bits per heavy atom. The second-order valence-electron chi connectivity index (χ2n) is 11.0. The van der Waals surface area contributed by atoms with Crippen LogP contribution in [0.3, 0.4) is 0 Å². The first kappa shape index (κ1) is 32.3. The van der Waals surface area contributed by atoms with Crippen LogP contribution >= 0.6 is 23.1 Å². The Morgan fingerprint density at radius 2 is 1.68 bits per heavy atom. The number of amides is 1. The summed E-state index contributed by atoms with van der Waals surface area (Å²) in [5.74, 6) is -0.111. The van der Waals surface area contributed by atoms with E-state index in [1.54, 1.807) is 42.5 Å². The van der Waals surface area contributed by atoms with Crippen LogP contribution in [0, 0.1) is 0 Å². The fourth-order valence-corrected chi connectivity index (χ4v) is 7.50. The molecule has 5 aromatic rings. The molecule has 1 amide bonds. The minimum atomic E-state index is -0.965. The number of ether oxygens (including phenoxy) is 2. The molecular weight excluding hydrogens is 631 g/mol. The first-order valence-electron chi connectivity index (χ1n) is 15.7. The van der Waals surface area contributed by atoms with Crippen molar-refractivity contribution in [2.45, 2.75) is 49.2 Å². The molecule has 240 valence electrons. The van der Waals surface area contributed by atoms with Crippen LogP contribution in [0.1, 0.15) is 55.8 Å². The molecular formula is C37H35N3O5S2. The number of fused-ring (bicyclic) bond motifs is 1. The zero-order valence-electron chi connectivity index (χ0n) is 26.2. The van der Waals surface area contributed by atoms with Gasteiger partial charge in [-0.05, 0) is 47.4 Å². The number of anilines is 1. The van der Waals surface area contributed by atoms with Crippen molar-refractivity contribution in [1.82, 2.24) is 10.2 Å². The lowest BCUT2D eigenvalue weighted by Gasteiger charge is -2.23. The van der Waals surface area contributed by atoms with Gasteiger partial charge < -0.3 is 14.6 Å². The van der Waals surface area contributed by atoms with E-state index in [1.807, 2.05) is 31.2 Å². The third-order valence-corrected chi connectivity index (χ3v) is 10.0. The minimum absolute atomic E-state index is 0.0274. The monoisotopic (exact) mass is 665 g/mol. The predicted molar refractivity (Wildman–Crippen MR) is 187 cm³/mol. The first-order chi connectivity index (χ1) is 23.0. The maximum absolute atomic E-state index is 13.8. The van der Waals surface area contributed by atoms with Crippen molar-refractivity contribution in [3.63, 3.8) is 0 Å². The lowest BCUT2D eigenvalue weighted by molar-refractivity contribution is -0.132. The third kappa shape index (κ3) is 6.89. The molecule has 1 N–H and O–H groups in total. The molecule has 1 aliphatic rings. The average Bonchev–Trinajstić information content (AvgIpc) is 3.67. The number of carbonyl (C=O) groups is 2. The molecule has 1 saturated heterocycles. The van der Waals surface area contributed by atoms with Crippen molar-refractivity contribution >= 4 is 56.5 Å². The Labute approximate surface area is 282 Å². The number of thioether (sulfide) groups is 1. The molecule has 0 radical (unpaired) electrons. The Morgan fingerprint density at radius 1 is 0.894 bits per heavy atom. The molecule has 47 heavy (non-hydrogen) atoms. The van der Waals surface area contributed by atoms with Gasteiger partial charge in [0.2, 0.25) is 5.13 Å². The number of nitrogens with zero attached hydrogens (tertiary/aromatic N) is 3. The quantitative estimate of drug-likeness (QED) is 0.0333.